The summed E-state index contributed by atoms with van der Waals surface area (Å²) in [6.07, 6.45) is 3.21. The Morgan fingerprint density at radius 1 is 1.44 bits per heavy atom. The van der Waals surface area contributed by atoms with Crippen LogP contribution in [0.4, 0.5) is 5.69 Å². The summed E-state index contributed by atoms with van der Waals surface area (Å²) in [4.78, 5) is 0.148. The molecule has 2 aromatic rings. The Hall–Kier alpha value is -1.34. The van der Waals surface area contributed by atoms with Gasteiger partial charge in [-0.05, 0) is 18.2 Å². The van der Waals surface area contributed by atoms with Crippen LogP contribution in [0.25, 0.3) is 0 Å². The maximum Gasteiger partial charge on any atom is 0.184 e. The zero-order chi connectivity index (χ0) is 13.3. The fourth-order valence-corrected chi connectivity index (χ4v) is 3.46. The van der Waals surface area contributed by atoms with Gasteiger partial charge in [0.05, 0.1) is 22.5 Å². The highest BCUT2D eigenvalue weighted by Crippen LogP contribution is 2.25. The van der Waals surface area contributed by atoms with Crippen LogP contribution in [-0.4, -0.2) is 18.2 Å². The number of nitrogens with zero attached hydrogens (tertiary/aromatic N) is 2. The molecule has 5 nitrogen and oxygen atoms in total. The first-order valence-corrected chi connectivity index (χ1v) is 7.58. The van der Waals surface area contributed by atoms with Crippen molar-refractivity contribution in [3.8, 4) is 0 Å². The lowest BCUT2D eigenvalue weighted by Crippen LogP contribution is -2.07. The van der Waals surface area contributed by atoms with Gasteiger partial charge in [0.15, 0.2) is 9.84 Å². The van der Waals surface area contributed by atoms with Gasteiger partial charge < -0.3 is 5.73 Å². The molecule has 18 heavy (non-hydrogen) atoms. The lowest BCUT2D eigenvalue weighted by Gasteiger charge is -2.06. The van der Waals surface area contributed by atoms with Crippen molar-refractivity contribution in [3.05, 3.63) is 40.6 Å². The number of hydrogen-bond acceptors (Lipinski definition) is 4. The van der Waals surface area contributed by atoms with E-state index in [0.29, 0.717) is 5.56 Å². The standard InChI is InChI=1S/C11H12BrN3O2S/c1-15-6-8(5-14-15)7-18(16,17)11-3-2-9(12)4-10(11)13/h2-6H,7,13H2,1H3. The minimum Gasteiger partial charge on any atom is -0.398 e. The van der Waals surface area contributed by atoms with Gasteiger partial charge in [-0.2, -0.15) is 5.10 Å². The number of hydrogen-bond donors (Lipinski definition) is 1. The van der Waals surface area contributed by atoms with Crippen LogP contribution in [0.15, 0.2) is 40.0 Å². The van der Waals surface area contributed by atoms with E-state index in [4.69, 9.17) is 5.73 Å². The van der Waals surface area contributed by atoms with Crippen molar-refractivity contribution in [1.82, 2.24) is 9.78 Å². The molecular weight excluding hydrogens is 318 g/mol. The van der Waals surface area contributed by atoms with Crippen LogP contribution in [0.3, 0.4) is 0 Å². The molecule has 1 aromatic heterocycles. The number of benzene rings is 1. The quantitative estimate of drug-likeness (QED) is 0.870. The Labute approximate surface area is 114 Å². The number of nitrogen functional groups attached to an aromatic ring is 1. The second-order valence-corrected chi connectivity index (χ2v) is 6.84. The number of aryl methyl sites for hydroxylation is 1. The van der Waals surface area contributed by atoms with Gasteiger partial charge in [-0.1, -0.05) is 15.9 Å². The minimum absolute atomic E-state index is 0.104. The van der Waals surface area contributed by atoms with Gasteiger partial charge >= 0.3 is 0 Å². The van der Waals surface area contributed by atoms with Crippen LogP contribution in [0.2, 0.25) is 0 Å². The smallest absolute Gasteiger partial charge is 0.184 e. The molecule has 7 heteroatoms. The molecule has 1 heterocycles. The average Bonchev–Trinajstić information content (AvgIpc) is 2.62. The van der Waals surface area contributed by atoms with E-state index < -0.39 is 9.84 Å². The van der Waals surface area contributed by atoms with Crippen molar-refractivity contribution >= 4 is 31.5 Å². The van der Waals surface area contributed by atoms with Crippen LogP contribution in [0.1, 0.15) is 5.56 Å². The van der Waals surface area contributed by atoms with E-state index in [0.717, 1.165) is 4.47 Å². The van der Waals surface area contributed by atoms with E-state index in [-0.39, 0.29) is 16.3 Å². The maximum absolute atomic E-state index is 12.2. The molecule has 0 aliphatic heterocycles. The largest absolute Gasteiger partial charge is 0.398 e. The maximum atomic E-state index is 12.2. The predicted molar refractivity (Wildman–Crippen MR) is 72.7 cm³/mol. The molecular formula is C11H12BrN3O2S. The molecule has 0 radical (unpaired) electrons. The first kappa shape index (κ1) is 13.1. The summed E-state index contributed by atoms with van der Waals surface area (Å²) in [6, 6.07) is 4.74. The molecule has 0 aliphatic rings. The highest BCUT2D eigenvalue weighted by molar-refractivity contribution is 9.10. The van der Waals surface area contributed by atoms with Gasteiger partial charge in [-0.25, -0.2) is 8.42 Å². The van der Waals surface area contributed by atoms with E-state index in [1.807, 2.05) is 0 Å². The van der Waals surface area contributed by atoms with Crippen molar-refractivity contribution in [3.63, 3.8) is 0 Å². The molecule has 1 aromatic carbocycles. The molecule has 0 spiro atoms. The third kappa shape index (κ3) is 2.73. The van der Waals surface area contributed by atoms with Gasteiger partial charge in [0, 0.05) is 23.3 Å². The van der Waals surface area contributed by atoms with Crippen LogP contribution in [0.5, 0.6) is 0 Å². The summed E-state index contributed by atoms with van der Waals surface area (Å²) in [5.41, 5.74) is 6.62. The number of nitrogens with two attached hydrogens (primary N) is 1. The van der Waals surface area contributed by atoms with Crippen LogP contribution in [-0.2, 0) is 22.6 Å². The number of halogens is 1. The predicted octanol–water partition coefficient (Wildman–Crippen LogP) is 1.74. The fourth-order valence-electron chi connectivity index (χ4n) is 1.65. The van der Waals surface area contributed by atoms with Crippen molar-refractivity contribution in [2.75, 3.05) is 5.73 Å². The molecule has 0 amide bonds. The molecule has 2 rings (SSSR count). The monoisotopic (exact) mass is 329 g/mol. The Morgan fingerprint density at radius 3 is 2.72 bits per heavy atom. The number of rotatable bonds is 3. The topological polar surface area (TPSA) is 78.0 Å². The average molecular weight is 330 g/mol. The Balaban J connectivity index is 2.36. The first-order chi connectivity index (χ1) is 8.38. The number of sulfone groups is 1. The number of anilines is 1. The summed E-state index contributed by atoms with van der Waals surface area (Å²) in [6.45, 7) is 0. The van der Waals surface area contributed by atoms with Crippen molar-refractivity contribution in [2.24, 2.45) is 7.05 Å². The zero-order valence-corrected chi connectivity index (χ0v) is 12.1. The number of aromatic nitrogens is 2. The van der Waals surface area contributed by atoms with Gasteiger partial charge in [-0.15, -0.1) is 0 Å². The summed E-state index contributed by atoms with van der Waals surface area (Å²) in [7, 11) is -1.71. The summed E-state index contributed by atoms with van der Waals surface area (Å²) >= 11 is 3.25. The van der Waals surface area contributed by atoms with Crippen LogP contribution in [0, 0.1) is 0 Å². The van der Waals surface area contributed by atoms with Gasteiger partial charge in [0.25, 0.3) is 0 Å². The van der Waals surface area contributed by atoms with Crippen molar-refractivity contribution in [1.29, 1.82) is 0 Å². The molecule has 0 fully saturated rings. The molecule has 96 valence electrons. The van der Waals surface area contributed by atoms with E-state index >= 15 is 0 Å². The van der Waals surface area contributed by atoms with Crippen molar-refractivity contribution < 1.29 is 8.42 Å². The summed E-state index contributed by atoms with van der Waals surface area (Å²) < 4.78 is 26.7. The Bertz CT molecular complexity index is 679. The molecule has 0 aliphatic carbocycles. The summed E-state index contributed by atoms with van der Waals surface area (Å²) in [5, 5.41) is 3.94. The second-order valence-electron chi connectivity index (χ2n) is 3.96. The Morgan fingerprint density at radius 2 is 2.17 bits per heavy atom. The van der Waals surface area contributed by atoms with Crippen molar-refractivity contribution in [2.45, 2.75) is 10.6 Å². The minimum atomic E-state index is -3.45. The first-order valence-electron chi connectivity index (χ1n) is 5.14. The van der Waals surface area contributed by atoms with Gasteiger partial charge in [0.1, 0.15) is 0 Å². The molecule has 0 atom stereocenters. The fraction of sp³-hybridized carbons (Fsp3) is 0.182. The van der Waals surface area contributed by atoms with E-state index in [1.165, 1.54) is 12.3 Å². The highest BCUT2D eigenvalue weighted by Gasteiger charge is 2.19. The molecule has 0 bridgehead atoms. The molecule has 0 unspecified atom stereocenters. The third-order valence-electron chi connectivity index (χ3n) is 2.42. The SMILES string of the molecule is Cn1cc(CS(=O)(=O)c2ccc(Br)cc2N)cn1. The van der Waals surface area contributed by atoms with E-state index in [9.17, 15) is 8.42 Å². The van der Waals surface area contributed by atoms with E-state index in [2.05, 4.69) is 21.0 Å². The van der Waals surface area contributed by atoms with E-state index in [1.54, 1.807) is 30.1 Å². The Kier molecular flexibility index (Phi) is 3.45. The summed E-state index contributed by atoms with van der Waals surface area (Å²) in [5.74, 6) is -0.104. The highest BCUT2D eigenvalue weighted by atomic mass is 79.9. The second kappa shape index (κ2) is 4.74. The van der Waals surface area contributed by atoms with Crippen LogP contribution >= 0.6 is 15.9 Å². The lowest BCUT2D eigenvalue weighted by molar-refractivity contribution is 0.595. The molecule has 0 saturated carbocycles. The van der Waals surface area contributed by atoms with Crippen LogP contribution < -0.4 is 5.73 Å². The van der Waals surface area contributed by atoms with Gasteiger partial charge in [0.2, 0.25) is 0 Å². The normalized spacial score (nSPS) is 11.7. The molecule has 2 N–H and O–H groups in total. The molecule has 0 saturated heterocycles. The lowest BCUT2D eigenvalue weighted by atomic mass is 10.3. The third-order valence-corrected chi connectivity index (χ3v) is 4.67. The zero-order valence-electron chi connectivity index (χ0n) is 9.67. The van der Waals surface area contributed by atoms with Gasteiger partial charge in [-0.3, -0.25) is 4.68 Å².